The maximum atomic E-state index is 12.3. The second-order valence-electron chi connectivity index (χ2n) is 3.43. The van der Waals surface area contributed by atoms with Crippen LogP contribution in [0.15, 0.2) is 16.3 Å². The van der Waals surface area contributed by atoms with Crippen molar-refractivity contribution in [2.75, 3.05) is 13.1 Å². The van der Waals surface area contributed by atoms with E-state index in [2.05, 4.69) is 0 Å². The van der Waals surface area contributed by atoms with E-state index >= 15 is 0 Å². The molecule has 9 heteroatoms. The average Bonchev–Trinajstić information content (AvgIpc) is 2.73. The highest BCUT2D eigenvalue weighted by Gasteiger charge is 2.36. The molecule has 0 aliphatic rings. The zero-order valence-corrected chi connectivity index (χ0v) is 11.1. The number of halogens is 3. The second kappa shape index (κ2) is 5.55. The molecule has 1 N–H and O–H groups in total. The van der Waals surface area contributed by atoms with Gasteiger partial charge in [0.15, 0.2) is 0 Å². The Morgan fingerprint density at radius 3 is 2.39 bits per heavy atom. The average molecular weight is 303 g/mol. The van der Waals surface area contributed by atoms with Gasteiger partial charge in [0.2, 0.25) is 0 Å². The molecule has 1 heterocycles. The highest BCUT2D eigenvalue weighted by molar-refractivity contribution is 7.91. The quantitative estimate of drug-likeness (QED) is 0.902. The van der Waals surface area contributed by atoms with Crippen LogP contribution in [0.3, 0.4) is 0 Å². The number of hydrogen-bond donors (Lipinski definition) is 1. The van der Waals surface area contributed by atoms with Gasteiger partial charge >= 0.3 is 6.18 Å². The molecule has 0 aromatic carbocycles. The summed E-state index contributed by atoms with van der Waals surface area (Å²) < 4.78 is 60.8. The topological polar surface area (TPSA) is 57.6 Å². The minimum atomic E-state index is -4.58. The molecule has 0 saturated heterocycles. The van der Waals surface area contributed by atoms with Crippen LogP contribution in [-0.4, -0.2) is 37.1 Å². The number of aliphatic hydroxyl groups is 1. The van der Waals surface area contributed by atoms with Crippen LogP contribution in [-0.2, 0) is 16.6 Å². The van der Waals surface area contributed by atoms with Gasteiger partial charge in [-0.2, -0.15) is 17.5 Å². The molecule has 0 saturated carbocycles. The van der Waals surface area contributed by atoms with E-state index in [0.717, 1.165) is 11.3 Å². The van der Waals surface area contributed by atoms with Gasteiger partial charge in [-0.15, -0.1) is 11.3 Å². The van der Waals surface area contributed by atoms with E-state index in [9.17, 15) is 21.6 Å². The second-order valence-corrected chi connectivity index (χ2v) is 6.76. The maximum absolute atomic E-state index is 12.3. The minimum absolute atomic E-state index is 0.197. The van der Waals surface area contributed by atoms with E-state index < -0.39 is 22.7 Å². The van der Waals surface area contributed by atoms with Crippen molar-refractivity contribution in [1.29, 1.82) is 0 Å². The molecule has 0 unspecified atom stereocenters. The fourth-order valence-corrected chi connectivity index (χ4v) is 4.08. The molecule has 0 radical (unpaired) electrons. The van der Waals surface area contributed by atoms with Gasteiger partial charge in [0.25, 0.3) is 10.0 Å². The first-order valence-electron chi connectivity index (χ1n) is 4.97. The molecule has 0 amide bonds. The van der Waals surface area contributed by atoms with Crippen molar-refractivity contribution in [3.63, 3.8) is 0 Å². The van der Waals surface area contributed by atoms with E-state index in [1.807, 2.05) is 0 Å². The molecule has 4 nitrogen and oxygen atoms in total. The summed E-state index contributed by atoms with van der Waals surface area (Å²) >= 11 is 0.763. The number of thiophene rings is 1. The molecule has 0 aliphatic heterocycles. The Morgan fingerprint density at radius 1 is 1.39 bits per heavy atom. The summed E-state index contributed by atoms with van der Waals surface area (Å²) in [6.07, 6.45) is -4.58. The van der Waals surface area contributed by atoms with Crippen molar-refractivity contribution >= 4 is 21.4 Å². The molecule has 0 atom stereocenters. The number of hydrogen-bond acceptors (Lipinski definition) is 4. The number of nitrogens with zero attached hydrogens (tertiary/aromatic N) is 1. The van der Waals surface area contributed by atoms with Crippen LogP contribution in [0.2, 0.25) is 0 Å². The van der Waals surface area contributed by atoms with Gasteiger partial charge in [-0.05, 0) is 12.1 Å². The first-order chi connectivity index (χ1) is 8.20. The summed E-state index contributed by atoms with van der Waals surface area (Å²) in [7, 11) is -4.15. The van der Waals surface area contributed by atoms with Crippen molar-refractivity contribution in [2.45, 2.75) is 23.9 Å². The van der Waals surface area contributed by atoms with Gasteiger partial charge in [-0.3, -0.25) is 0 Å². The maximum Gasteiger partial charge on any atom is 0.402 e. The summed E-state index contributed by atoms with van der Waals surface area (Å²) in [4.78, 5) is 0.386. The third kappa shape index (κ3) is 3.67. The highest BCUT2D eigenvalue weighted by atomic mass is 32.2. The van der Waals surface area contributed by atoms with Crippen LogP contribution < -0.4 is 0 Å². The number of aliphatic hydroxyl groups excluding tert-OH is 1. The van der Waals surface area contributed by atoms with Crippen LogP contribution in [0, 0.1) is 0 Å². The van der Waals surface area contributed by atoms with Gasteiger partial charge in [0.1, 0.15) is 10.8 Å². The van der Waals surface area contributed by atoms with E-state index in [0.29, 0.717) is 9.18 Å². The molecule has 0 fully saturated rings. The van der Waals surface area contributed by atoms with Crippen molar-refractivity contribution in [3.8, 4) is 0 Å². The van der Waals surface area contributed by atoms with Gasteiger partial charge < -0.3 is 5.11 Å². The number of rotatable bonds is 5. The van der Waals surface area contributed by atoms with Crippen molar-refractivity contribution < 1.29 is 26.7 Å². The number of alkyl halides is 3. The summed E-state index contributed by atoms with van der Waals surface area (Å²) in [6, 6.07) is 2.57. The van der Waals surface area contributed by atoms with Gasteiger partial charge in [-0.1, -0.05) is 6.92 Å². The zero-order valence-electron chi connectivity index (χ0n) is 9.44. The summed E-state index contributed by atoms with van der Waals surface area (Å²) in [5.41, 5.74) is 0. The molecule has 1 aromatic rings. The normalized spacial score (nSPS) is 13.2. The molecular weight excluding hydrogens is 291 g/mol. The Balaban J connectivity index is 3.03. The molecule has 1 rings (SSSR count). The molecule has 1 aromatic heterocycles. The predicted molar refractivity (Wildman–Crippen MR) is 60.7 cm³/mol. The lowest BCUT2D eigenvalue weighted by atomic mass is 10.5. The monoisotopic (exact) mass is 303 g/mol. The minimum Gasteiger partial charge on any atom is -0.391 e. The van der Waals surface area contributed by atoms with Crippen molar-refractivity contribution in [2.24, 2.45) is 0 Å². The Hall–Kier alpha value is -0.640. The lowest BCUT2D eigenvalue weighted by Gasteiger charge is -2.20. The Labute approximate surface area is 107 Å². The van der Waals surface area contributed by atoms with Crippen LogP contribution in [0.4, 0.5) is 13.2 Å². The predicted octanol–water partition coefficient (Wildman–Crippen LogP) is 1.81. The van der Waals surface area contributed by atoms with E-state index in [1.165, 1.54) is 19.1 Å². The largest absolute Gasteiger partial charge is 0.402 e. The SMILES string of the molecule is CCN(CC(F)(F)F)S(=O)(=O)c1ccc(CO)s1. The van der Waals surface area contributed by atoms with Crippen molar-refractivity contribution in [1.82, 2.24) is 4.31 Å². The van der Waals surface area contributed by atoms with Gasteiger partial charge in [-0.25, -0.2) is 8.42 Å². The standard InChI is InChI=1S/C9H12F3NO3S2/c1-2-13(6-9(10,11)12)18(15,16)8-4-3-7(5-14)17-8/h3-4,14H,2,5-6H2,1H3. The fourth-order valence-electron chi connectivity index (χ4n) is 1.28. The summed E-state index contributed by atoms with van der Waals surface area (Å²) in [6.45, 7) is -0.790. The third-order valence-corrected chi connectivity index (χ3v) is 5.55. The van der Waals surface area contributed by atoms with Gasteiger partial charge in [0, 0.05) is 11.4 Å². The molecule has 0 bridgehead atoms. The van der Waals surface area contributed by atoms with Crippen LogP contribution in [0.1, 0.15) is 11.8 Å². The summed E-state index contributed by atoms with van der Waals surface area (Å²) in [5, 5.41) is 8.82. The van der Waals surface area contributed by atoms with Crippen LogP contribution in [0.5, 0.6) is 0 Å². The van der Waals surface area contributed by atoms with Crippen LogP contribution in [0.25, 0.3) is 0 Å². The lowest BCUT2D eigenvalue weighted by Crippen LogP contribution is -2.38. The number of sulfonamides is 1. The summed E-state index contributed by atoms with van der Waals surface area (Å²) in [5.74, 6) is 0. The smallest absolute Gasteiger partial charge is 0.391 e. The van der Waals surface area contributed by atoms with Crippen molar-refractivity contribution in [3.05, 3.63) is 17.0 Å². The Morgan fingerprint density at radius 2 is 2.00 bits per heavy atom. The molecule has 18 heavy (non-hydrogen) atoms. The first-order valence-corrected chi connectivity index (χ1v) is 7.23. The van der Waals surface area contributed by atoms with E-state index in [4.69, 9.17) is 5.11 Å². The fraction of sp³-hybridized carbons (Fsp3) is 0.556. The molecular formula is C9H12F3NO3S2. The zero-order chi connectivity index (χ0) is 14.0. The Bertz CT molecular complexity index is 495. The van der Waals surface area contributed by atoms with E-state index in [1.54, 1.807) is 0 Å². The highest BCUT2D eigenvalue weighted by Crippen LogP contribution is 2.27. The molecule has 104 valence electrons. The Kier molecular flexibility index (Phi) is 4.76. The lowest BCUT2D eigenvalue weighted by molar-refractivity contribution is -0.135. The van der Waals surface area contributed by atoms with E-state index in [-0.39, 0.29) is 17.4 Å². The third-order valence-electron chi connectivity index (χ3n) is 2.10. The van der Waals surface area contributed by atoms with Crippen LogP contribution >= 0.6 is 11.3 Å². The molecule has 0 aliphatic carbocycles. The van der Waals surface area contributed by atoms with Gasteiger partial charge in [0.05, 0.1) is 6.61 Å². The first kappa shape index (κ1) is 15.4. The molecule has 0 spiro atoms.